The van der Waals surface area contributed by atoms with Crippen LogP contribution in [0.4, 0.5) is 0 Å². The molecule has 0 spiro atoms. The van der Waals surface area contributed by atoms with Gasteiger partial charge in [-0.2, -0.15) is 0 Å². The number of aromatic carboxylic acids is 1. The van der Waals surface area contributed by atoms with E-state index in [1.807, 2.05) is 0 Å². The van der Waals surface area contributed by atoms with Crippen LogP contribution in [-0.2, 0) is 16.8 Å². The van der Waals surface area contributed by atoms with Crippen LogP contribution >= 0.6 is 0 Å². The van der Waals surface area contributed by atoms with E-state index in [9.17, 15) is 9.00 Å². The molecule has 0 fully saturated rings. The van der Waals surface area contributed by atoms with Gasteiger partial charge in [0.05, 0.1) is 11.3 Å². The second-order valence-corrected chi connectivity index (χ2v) is 3.84. The van der Waals surface area contributed by atoms with Crippen LogP contribution in [0.1, 0.15) is 21.5 Å². The zero-order valence-electron chi connectivity index (χ0n) is 7.56. The average molecular weight is 214 g/mol. The summed E-state index contributed by atoms with van der Waals surface area (Å²) in [5, 5.41) is 8.67. The SMILES string of the molecule is Cc1cc(C(=O)O)ccc1CS(=O)O. The van der Waals surface area contributed by atoms with Crippen molar-refractivity contribution in [3.05, 3.63) is 34.9 Å². The van der Waals surface area contributed by atoms with E-state index in [1.54, 1.807) is 13.0 Å². The van der Waals surface area contributed by atoms with Crippen LogP contribution in [0.15, 0.2) is 18.2 Å². The second-order valence-electron chi connectivity index (χ2n) is 2.91. The van der Waals surface area contributed by atoms with E-state index in [-0.39, 0.29) is 11.3 Å². The van der Waals surface area contributed by atoms with Crippen LogP contribution in [0, 0.1) is 6.92 Å². The monoisotopic (exact) mass is 214 g/mol. The van der Waals surface area contributed by atoms with E-state index in [4.69, 9.17) is 9.66 Å². The van der Waals surface area contributed by atoms with Crippen LogP contribution in [-0.4, -0.2) is 19.8 Å². The van der Waals surface area contributed by atoms with Crippen molar-refractivity contribution in [1.82, 2.24) is 0 Å². The van der Waals surface area contributed by atoms with Gasteiger partial charge in [0.25, 0.3) is 0 Å². The number of hydrogen-bond donors (Lipinski definition) is 2. The summed E-state index contributed by atoms with van der Waals surface area (Å²) in [6, 6.07) is 4.48. The molecule has 0 saturated carbocycles. The first-order valence-electron chi connectivity index (χ1n) is 3.91. The van der Waals surface area contributed by atoms with Crippen molar-refractivity contribution in [2.24, 2.45) is 0 Å². The lowest BCUT2D eigenvalue weighted by Gasteiger charge is -2.03. The maximum absolute atomic E-state index is 10.6. The molecule has 0 amide bonds. The Morgan fingerprint density at radius 2 is 2.14 bits per heavy atom. The normalized spacial score (nSPS) is 12.4. The Hall–Kier alpha value is -1.20. The highest BCUT2D eigenvalue weighted by atomic mass is 32.2. The van der Waals surface area contributed by atoms with Gasteiger partial charge in [0, 0.05) is 0 Å². The lowest BCUT2D eigenvalue weighted by Crippen LogP contribution is -2.00. The van der Waals surface area contributed by atoms with Crippen LogP contribution < -0.4 is 0 Å². The summed E-state index contributed by atoms with van der Waals surface area (Å²) in [5.41, 5.74) is 1.60. The maximum Gasteiger partial charge on any atom is 0.335 e. The third-order valence-electron chi connectivity index (χ3n) is 1.87. The van der Waals surface area contributed by atoms with Crippen molar-refractivity contribution >= 4 is 17.0 Å². The molecule has 1 unspecified atom stereocenters. The fourth-order valence-electron chi connectivity index (χ4n) is 1.12. The molecule has 0 aromatic heterocycles. The Morgan fingerprint density at radius 1 is 1.50 bits per heavy atom. The van der Waals surface area contributed by atoms with Crippen molar-refractivity contribution in [3.63, 3.8) is 0 Å². The largest absolute Gasteiger partial charge is 0.478 e. The summed E-state index contributed by atoms with van der Waals surface area (Å²) in [7, 11) is 0. The minimum absolute atomic E-state index is 0.0335. The standard InChI is InChI=1S/C9H10O4S/c1-6-4-7(9(10)11)2-3-8(6)5-14(12)13/h2-4H,5H2,1H3,(H,10,11)(H,12,13). The summed E-state index contributed by atoms with van der Waals surface area (Å²) in [6.45, 7) is 1.72. The molecule has 5 heteroatoms. The van der Waals surface area contributed by atoms with Gasteiger partial charge >= 0.3 is 5.97 Å². The predicted octanol–water partition coefficient (Wildman–Crippen LogP) is 1.41. The van der Waals surface area contributed by atoms with Gasteiger partial charge in [0.2, 0.25) is 0 Å². The van der Waals surface area contributed by atoms with Crippen LogP contribution in [0.25, 0.3) is 0 Å². The maximum atomic E-state index is 10.6. The molecular formula is C9H10O4S. The van der Waals surface area contributed by atoms with Gasteiger partial charge in [-0.15, -0.1) is 0 Å². The Morgan fingerprint density at radius 3 is 2.57 bits per heavy atom. The van der Waals surface area contributed by atoms with Crippen molar-refractivity contribution in [2.75, 3.05) is 0 Å². The van der Waals surface area contributed by atoms with Crippen molar-refractivity contribution in [1.29, 1.82) is 0 Å². The number of hydrogen-bond acceptors (Lipinski definition) is 2. The molecule has 76 valence electrons. The molecule has 0 aliphatic heterocycles. The minimum Gasteiger partial charge on any atom is -0.478 e. The van der Waals surface area contributed by atoms with E-state index in [0.29, 0.717) is 11.1 Å². The molecule has 0 saturated heterocycles. The molecule has 2 N–H and O–H groups in total. The molecule has 14 heavy (non-hydrogen) atoms. The highest BCUT2D eigenvalue weighted by molar-refractivity contribution is 7.78. The molecule has 4 nitrogen and oxygen atoms in total. The topological polar surface area (TPSA) is 74.6 Å². The van der Waals surface area contributed by atoms with Gasteiger partial charge in [0.1, 0.15) is 0 Å². The summed E-state index contributed by atoms with van der Waals surface area (Å²) in [5.74, 6) is -0.962. The molecular weight excluding hydrogens is 204 g/mol. The third-order valence-corrected chi connectivity index (χ3v) is 2.43. The van der Waals surface area contributed by atoms with E-state index in [0.717, 1.165) is 0 Å². The van der Waals surface area contributed by atoms with Gasteiger partial charge in [-0.05, 0) is 30.2 Å². The van der Waals surface area contributed by atoms with E-state index in [1.165, 1.54) is 12.1 Å². The molecule has 1 aromatic carbocycles. The first-order valence-corrected chi connectivity index (χ1v) is 5.18. The van der Waals surface area contributed by atoms with Crippen LogP contribution in [0.2, 0.25) is 0 Å². The number of benzene rings is 1. The summed E-state index contributed by atoms with van der Waals surface area (Å²) in [6.07, 6.45) is 0. The summed E-state index contributed by atoms with van der Waals surface area (Å²) >= 11 is -1.89. The van der Waals surface area contributed by atoms with Crippen LogP contribution in [0.3, 0.4) is 0 Å². The number of carboxylic acid groups (broad SMARTS) is 1. The predicted molar refractivity (Wildman–Crippen MR) is 52.6 cm³/mol. The minimum atomic E-state index is -1.89. The molecule has 0 bridgehead atoms. The molecule has 0 radical (unpaired) electrons. The zero-order valence-corrected chi connectivity index (χ0v) is 8.37. The lowest BCUT2D eigenvalue weighted by molar-refractivity contribution is 0.0697. The highest BCUT2D eigenvalue weighted by Gasteiger charge is 2.06. The van der Waals surface area contributed by atoms with Gasteiger partial charge < -0.3 is 9.66 Å². The van der Waals surface area contributed by atoms with Gasteiger partial charge in [0.15, 0.2) is 11.1 Å². The lowest BCUT2D eigenvalue weighted by atomic mass is 10.1. The zero-order chi connectivity index (χ0) is 10.7. The van der Waals surface area contributed by atoms with Gasteiger partial charge in [-0.25, -0.2) is 9.00 Å². The second kappa shape index (κ2) is 4.34. The van der Waals surface area contributed by atoms with Crippen molar-refractivity contribution in [3.8, 4) is 0 Å². The fraction of sp³-hybridized carbons (Fsp3) is 0.222. The summed E-state index contributed by atoms with van der Waals surface area (Å²) < 4.78 is 19.2. The Bertz CT molecular complexity index is 386. The van der Waals surface area contributed by atoms with E-state index >= 15 is 0 Å². The van der Waals surface area contributed by atoms with Crippen molar-refractivity contribution < 1.29 is 18.7 Å². The Balaban J connectivity index is 3.01. The van der Waals surface area contributed by atoms with E-state index in [2.05, 4.69) is 0 Å². The first-order chi connectivity index (χ1) is 6.50. The van der Waals surface area contributed by atoms with Gasteiger partial charge in [-0.3, -0.25) is 0 Å². The highest BCUT2D eigenvalue weighted by Crippen LogP contribution is 2.12. The Labute approximate surface area is 83.9 Å². The number of carboxylic acids is 1. The van der Waals surface area contributed by atoms with E-state index < -0.39 is 17.0 Å². The number of carbonyl (C=O) groups is 1. The van der Waals surface area contributed by atoms with Gasteiger partial charge in [-0.1, -0.05) is 6.07 Å². The fourth-order valence-corrected chi connectivity index (χ4v) is 1.71. The average Bonchev–Trinajstić information content (AvgIpc) is 2.07. The molecule has 0 aliphatic carbocycles. The molecule has 1 rings (SSSR count). The number of rotatable bonds is 3. The quantitative estimate of drug-likeness (QED) is 0.746. The molecule has 1 aromatic rings. The molecule has 0 aliphatic rings. The Kier molecular flexibility index (Phi) is 3.38. The molecule has 0 heterocycles. The first kappa shape index (κ1) is 10.9. The van der Waals surface area contributed by atoms with Crippen molar-refractivity contribution in [2.45, 2.75) is 12.7 Å². The number of aryl methyl sites for hydroxylation is 1. The van der Waals surface area contributed by atoms with Crippen LogP contribution in [0.5, 0.6) is 0 Å². The molecule has 1 atom stereocenters. The smallest absolute Gasteiger partial charge is 0.335 e. The summed E-state index contributed by atoms with van der Waals surface area (Å²) in [4.78, 5) is 10.6. The third kappa shape index (κ3) is 2.65.